The molecular weight excluding hydrogens is 420 g/mol. The number of piperidine rings is 1. The third-order valence-corrected chi connectivity index (χ3v) is 7.43. The summed E-state index contributed by atoms with van der Waals surface area (Å²) >= 11 is 3.48. The van der Waals surface area contributed by atoms with Crippen LogP contribution < -0.4 is 16.2 Å². The third-order valence-electron chi connectivity index (χ3n) is 6.54. The zero-order valence-corrected chi connectivity index (χ0v) is 17.9. The third kappa shape index (κ3) is 4.11. The highest BCUT2D eigenvalue weighted by molar-refractivity contribution is 9.10. The number of halogens is 1. The highest BCUT2D eigenvalue weighted by Crippen LogP contribution is 2.31. The Bertz CT molecular complexity index is 748. The van der Waals surface area contributed by atoms with Crippen LogP contribution in [0.15, 0.2) is 22.7 Å². The first-order chi connectivity index (χ1) is 13.5. The molecule has 6 nitrogen and oxygen atoms in total. The molecule has 0 aromatic heterocycles. The van der Waals surface area contributed by atoms with Gasteiger partial charge < -0.3 is 10.2 Å². The molecule has 2 heterocycles. The molecule has 152 valence electrons. The molecule has 1 aromatic rings. The standard InChI is InChI=1S/C21H29BrN4O2/c1-13-12-15(6-7-17(13)22)23-20(27)14-8-10-26(11-9-14)21(28)19-16-4-2-3-5-18(16)24-25-19/h6-7,12,14,16,18-19,24-25H,2-5,8-11H2,1H3,(H,23,27). The zero-order valence-electron chi connectivity index (χ0n) is 16.3. The van der Waals surface area contributed by atoms with E-state index in [1.807, 2.05) is 30.0 Å². The van der Waals surface area contributed by atoms with E-state index in [0.29, 0.717) is 25.0 Å². The van der Waals surface area contributed by atoms with Gasteiger partial charge in [-0.1, -0.05) is 28.8 Å². The predicted molar refractivity (Wildman–Crippen MR) is 113 cm³/mol. The second-order valence-corrected chi connectivity index (χ2v) is 9.23. The zero-order chi connectivity index (χ0) is 19.7. The van der Waals surface area contributed by atoms with Gasteiger partial charge in [0.1, 0.15) is 6.04 Å². The van der Waals surface area contributed by atoms with E-state index >= 15 is 0 Å². The van der Waals surface area contributed by atoms with Crippen LogP contribution in [-0.2, 0) is 9.59 Å². The van der Waals surface area contributed by atoms with Gasteiger partial charge >= 0.3 is 0 Å². The lowest BCUT2D eigenvalue weighted by molar-refractivity contribution is -0.137. The molecule has 3 unspecified atom stereocenters. The van der Waals surface area contributed by atoms with Crippen molar-refractivity contribution in [2.45, 2.75) is 57.5 Å². The van der Waals surface area contributed by atoms with Gasteiger partial charge in [-0.2, -0.15) is 0 Å². The van der Waals surface area contributed by atoms with E-state index < -0.39 is 0 Å². The number of aryl methyl sites for hydroxylation is 1. The summed E-state index contributed by atoms with van der Waals surface area (Å²) in [6.07, 6.45) is 6.18. The van der Waals surface area contributed by atoms with Crippen LogP contribution >= 0.6 is 15.9 Å². The van der Waals surface area contributed by atoms with Crippen LogP contribution in [0.3, 0.4) is 0 Å². The van der Waals surface area contributed by atoms with Crippen molar-refractivity contribution in [3.05, 3.63) is 28.2 Å². The smallest absolute Gasteiger partial charge is 0.241 e. The fourth-order valence-electron chi connectivity index (χ4n) is 4.81. The van der Waals surface area contributed by atoms with Crippen LogP contribution in [0, 0.1) is 18.8 Å². The van der Waals surface area contributed by atoms with E-state index in [0.717, 1.165) is 41.4 Å². The maximum atomic E-state index is 13.0. The molecule has 3 atom stereocenters. The average molecular weight is 449 g/mol. The molecular formula is C21H29BrN4O2. The van der Waals surface area contributed by atoms with Crippen LogP contribution in [0.4, 0.5) is 5.69 Å². The Morgan fingerprint density at radius 1 is 1.11 bits per heavy atom. The van der Waals surface area contributed by atoms with Gasteiger partial charge in [0.05, 0.1) is 0 Å². The lowest BCUT2D eigenvalue weighted by Crippen LogP contribution is -2.51. The molecule has 3 N–H and O–H groups in total. The van der Waals surface area contributed by atoms with E-state index in [-0.39, 0.29) is 23.8 Å². The van der Waals surface area contributed by atoms with Crippen LogP contribution in [0.1, 0.15) is 44.1 Å². The van der Waals surface area contributed by atoms with Gasteiger partial charge in [-0.15, -0.1) is 0 Å². The number of anilines is 1. The van der Waals surface area contributed by atoms with E-state index in [1.165, 1.54) is 12.8 Å². The number of hydrogen-bond acceptors (Lipinski definition) is 4. The summed E-state index contributed by atoms with van der Waals surface area (Å²) in [6.45, 7) is 3.32. The van der Waals surface area contributed by atoms with Crippen molar-refractivity contribution in [3.8, 4) is 0 Å². The topological polar surface area (TPSA) is 73.5 Å². The molecule has 0 spiro atoms. The Labute approximate surface area is 174 Å². The Hall–Kier alpha value is -1.44. The van der Waals surface area contributed by atoms with Crippen molar-refractivity contribution >= 4 is 33.4 Å². The molecule has 2 amide bonds. The maximum absolute atomic E-state index is 13.0. The van der Waals surface area contributed by atoms with E-state index in [2.05, 4.69) is 32.1 Å². The molecule has 1 saturated carbocycles. The van der Waals surface area contributed by atoms with Crippen LogP contribution in [0.25, 0.3) is 0 Å². The number of likely N-dealkylation sites (tertiary alicyclic amines) is 1. The molecule has 0 radical (unpaired) electrons. The van der Waals surface area contributed by atoms with E-state index in [9.17, 15) is 9.59 Å². The summed E-state index contributed by atoms with van der Waals surface area (Å²) in [4.78, 5) is 27.6. The molecule has 1 aliphatic carbocycles. The second kappa shape index (κ2) is 8.51. The minimum Gasteiger partial charge on any atom is -0.341 e. The second-order valence-electron chi connectivity index (χ2n) is 8.37. The minimum absolute atomic E-state index is 0.0369. The van der Waals surface area contributed by atoms with E-state index in [4.69, 9.17) is 0 Å². The maximum Gasteiger partial charge on any atom is 0.241 e. The lowest BCUT2D eigenvalue weighted by Gasteiger charge is -2.35. The number of benzene rings is 1. The summed E-state index contributed by atoms with van der Waals surface area (Å²) in [5, 5.41) is 3.03. The van der Waals surface area contributed by atoms with Gasteiger partial charge in [0.2, 0.25) is 11.8 Å². The van der Waals surface area contributed by atoms with E-state index in [1.54, 1.807) is 0 Å². The largest absolute Gasteiger partial charge is 0.341 e. The van der Waals surface area contributed by atoms with Crippen LogP contribution in [0.2, 0.25) is 0 Å². The normalized spacial score (nSPS) is 28.1. The van der Waals surface area contributed by atoms with Gasteiger partial charge in [0.15, 0.2) is 0 Å². The lowest BCUT2D eigenvalue weighted by atomic mass is 9.81. The molecule has 2 aliphatic heterocycles. The predicted octanol–water partition coefficient (Wildman–Crippen LogP) is 2.97. The number of carbonyl (C=O) groups is 2. The number of carbonyl (C=O) groups excluding carboxylic acids is 2. The quantitative estimate of drug-likeness (QED) is 0.664. The minimum atomic E-state index is -0.110. The molecule has 3 aliphatic rings. The van der Waals surface area contributed by atoms with Crippen molar-refractivity contribution in [3.63, 3.8) is 0 Å². The number of nitrogens with one attached hydrogen (secondary N) is 3. The average Bonchev–Trinajstić information content (AvgIpc) is 3.14. The van der Waals surface area contributed by atoms with Crippen molar-refractivity contribution < 1.29 is 9.59 Å². The van der Waals surface area contributed by atoms with Crippen molar-refractivity contribution in [2.24, 2.45) is 11.8 Å². The van der Waals surface area contributed by atoms with Crippen LogP contribution in [0.5, 0.6) is 0 Å². The number of nitrogens with zero attached hydrogens (tertiary/aromatic N) is 1. The molecule has 7 heteroatoms. The van der Waals surface area contributed by atoms with Gasteiger partial charge in [-0.25, -0.2) is 5.43 Å². The first-order valence-electron chi connectivity index (χ1n) is 10.4. The summed E-state index contributed by atoms with van der Waals surface area (Å²) in [7, 11) is 0. The van der Waals surface area contributed by atoms with Crippen molar-refractivity contribution in [1.82, 2.24) is 15.8 Å². The highest BCUT2D eigenvalue weighted by Gasteiger charge is 2.43. The van der Waals surface area contributed by atoms with Crippen LogP contribution in [-0.4, -0.2) is 41.9 Å². The number of fused-ring (bicyclic) bond motifs is 1. The molecule has 0 bridgehead atoms. The fourth-order valence-corrected chi connectivity index (χ4v) is 5.06. The number of hydrazine groups is 1. The summed E-state index contributed by atoms with van der Waals surface area (Å²) in [5.74, 6) is 0.624. The Morgan fingerprint density at radius 2 is 1.86 bits per heavy atom. The van der Waals surface area contributed by atoms with Crippen molar-refractivity contribution in [2.75, 3.05) is 18.4 Å². The molecule has 1 aromatic carbocycles. The number of hydrogen-bond donors (Lipinski definition) is 3. The molecule has 28 heavy (non-hydrogen) atoms. The summed E-state index contributed by atoms with van der Waals surface area (Å²) in [6, 6.07) is 6.15. The molecule has 2 saturated heterocycles. The van der Waals surface area contributed by atoms with Gasteiger partial charge in [0.25, 0.3) is 0 Å². The van der Waals surface area contributed by atoms with Gasteiger partial charge in [-0.05, 0) is 56.4 Å². The Kier molecular flexibility index (Phi) is 6.04. The summed E-state index contributed by atoms with van der Waals surface area (Å²) < 4.78 is 1.03. The fraction of sp³-hybridized carbons (Fsp3) is 0.619. The highest BCUT2D eigenvalue weighted by atomic mass is 79.9. The SMILES string of the molecule is Cc1cc(NC(=O)C2CCN(C(=O)C3NNC4CCCCC43)CC2)ccc1Br. The monoisotopic (exact) mass is 448 g/mol. The van der Waals surface area contributed by atoms with Crippen molar-refractivity contribution in [1.29, 1.82) is 0 Å². The summed E-state index contributed by atoms with van der Waals surface area (Å²) in [5.41, 5.74) is 8.50. The van der Waals surface area contributed by atoms with Gasteiger partial charge in [-0.3, -0.25) is 15.0 Å². The van der Waals surface area contributed by atoms with Gasteiger partial charge in [0, 0.05) is 41.1 Å². The molecule has 4 rings (SSSR count). The number of amides is 2. The Balaban J connectivity index is 1.29. The first kappa shape index (κ1) is 19.9. The number of rotatable bonds is 3. The Morgan fingerprint density at radius 3 is 2.61 bits per heavy atom. The first-order valence-corrected chi connectivity index (χ1v) is 11.2. The molecule has 3 fully saturated rings.